The molecule has 0 radical (unpaired) electrons. The quantitative estimate of drug-likeness (QED) is 0.846. The molecule has 4 heteroatoms. The lowest BCUT2D eigenvalue weighted by atomic mass is 9.95. The van der Waals surface area contributed by atoms with Crippen LogP contribution in [0.2, 0.25) is 0 Å². The fraction of sp³-hybridized carbons (Fsp3) is 0.357. The third-order valence-corrected chi connectivity index (χ3v) is 3.16. The van der Waals surface area contributed by atoms with Gasteiger partial charge in [0.05, 0.1) is 6.04 Å². The Morgan fingerprint density at radius 3 is 2.83 bits per heavy atom. The first-order chi connectivity index (χ1) is 8.22. The maximum atomic E-state index is 12.1. The minimum atomic E-state index is -0.102. The van der Waals surface area contributed by atoms with Crippen molar-refractivity contribution in [2.45, 2.75) is 19.0 Å². The van der Waals surface area contributed by atoms with Gasteiger partial charge in [-0.2, -0.15) is 0 Å². The van der Waals surface area contributed by atoms with Gasteiger partial charge in [-0.15, -0.1) is 19.0 Å². The lowest BCUT2D eigenvalue weighted by Gasteiger charge is -2.28. The van der Waals surface area contributed by atoms with Crippen LogP contribution in [-0.4, -0.2) is 30.4 Å². The Kier molecular flexibility index (Phi) is 5.38. The predicted molar refractivity (Wildman–Crippen MR) is 75.9 cm³/mol. The van der Waals surface area contributed by atoms with Gasteiger partial charge in [-0.1, -0.05) is 30.3 Å². The number of hydrogen-bond acceptors (Lipinski definition) is 2. The van der Waals surface area contributed by atoms with E-state index in [1.54, 1.807) is 11.0 Å². The Morgan fingerprint density at radius 1 is 1.50 bits per heavy atom. The van der Waals surface area contributed by atoms with Crippen LogP contribution >= 0.6 is 12.4 Å². The standard InChI is InChI=1S/C14H18N2O.ClH/c1-3-8-16(2)14(17)13-9-11-6-4-5-7-12(11)10-15-13;/h3-7,13,15H,1,8-10H2,2H3;1H. The fourth-order valence-corrected chi connectivity index (χ4v) is 2.18. The summed E-state index contributed by atoms with van der Waals surface area (Å²) >= 11 is 0. The highest BCUT2D eigenvalue weighted by molar-refractivity contribution is 5.85. The summed E-state index contributed by atoms with van der Waals surface area (Å²) in [6.07, 6.45) is 2.52. The van der Waals surface area contributed by atoms with E-state index in [0.717, 1.165) is 13.0 Å². The molecule has 1 N–H and O–H groups in total. The zero-order valence-corrected chi connectivity index (χ0v) is 11.4. The molecule has 1 heterocycles. The molecule has 0 aromatic heterocycles. The predicted octanol–water partition coefficient (Wildman–Crippen LogP) is 1.77. The van der Waals surface area contributed by atoms with Gasteiger partial charge in [0.1, 0.15) is 0 Å². The van der Waals surface area contributed by atoms with Gasteiger partial charge >= 0.3 is 0 Å². The second-order valence-corrected chi connectivity index (χ2v) is 4.41. The molecular formula is C14H19ClN2O. The highest BCUT2D eigenvalue weighted by Gasteiger charge is 2.25. The van der Waals surface area contributed by atoms with Crippen LogP contribution in [0.5, 0.6) is 0 Å². The maximum absolute atomic E-state index is 12.1. The van der Waals surface area contributed by atoms with Crippen LogP contribution in [0.25, 0.3) is 0 Å². The number of nitrogens with zero attached hydrogens (tertiary/aromatic N) is 1. The first-order valence-corrected chi connectivity index (χ1v) is 5.88. The summed E-state index contributed by atoms with van der Waals surface area (Å²) in [6.45, 7) is 5.02. The van der Waals surface area contributed by atoms with Crippen molar-refractivity contribution >= 4 is 18.3 Å². The molecule has 1 unspecified atom stereocenters. The van der Waals surface area contributed by atoms with Crippen LogP contribution in [0.1, 0.15) is 11.1 Å². The molecule has 1 aromatic carbocycles. The lowest BCUT2D eigenvalue weighted by Crippen LogP contribution is -2.48. The van der Waals surface area contributed by atoms with E-state index in [0.29, 0.717) is 6.54 Å². The number of carbonyl (C=O) groups excluding carboxylic acids is 1. The van der Waals surface area contributed by atoms with Crippen LogP contribution in [-0.2, 0) is 17.8 Å². The number of carbonyl (C=O) groups is 1. The van der Waals surface area contributed by atoms with E-state index in [4.69, 9.17) is 0 Å². The zero-order chi connectivity index (χ0) is 12.3. The first-order valence-electron chi connectivity index (χ1n) is 5.88. The van der Waals surface area contributed by atoms with Crippen LogP contribution in [0.15, 0.2) is 36.9 Å². The topological polar surface area (TPSA) is 32.3 Å². The number of benzene rings is 1. The maximum Gasteiger partial charge on any atom is 0.240 e. The number of likely N-dealkylation sites (N-methyl/N-ethyl adjacent to an activating group) is 1. The molecule has 1 aliphatic heterocycles. The van der Waals surface area contributed by atoms with Gasteiger partial charge in [0.2, 0.25) is 5.91 Å². The van der Waals surface area contributed by atoms with Crippen molar-refractivity contribution in [3.05, 3.63) is 48.0 Å². The Morgan fingerprint density at radius 2 is 2.17 bits per heavy atom. The molecule has 0 bridgehead atoms. The molecule has 1 aliphatic rings. The smallest absolute Gasteiger partial charge is 0.240 e. The highest BCUT2D eigenvalue weighted by Crippen LogP contribution is 2.17. The van der Waals surface area contributed by atoms with Crippen molar-refractivity contribution in [1.29, 1.82) is 0 Å². The van der Waals surface area contributed by atoms with Crippen LogP contribution in [0.4, 0.5) is 0 Å². The van der Waals surface area contributed by atoms with Crippen molar-refractivity contribution in [3.63, 3.8) is 0 Å². The van der Waals surface area contributed by atoms with Crippen molar-refractivity contribution in [3.8, 4) is 0 Å². The Labute approximate surface area is 114 Å². The average molecular weight is 267 g/mol. The molecule has 1 atom stereocenters. The zero-order valence-electron chi connectivity index (χ0n) is 10.6. The van der Waals surface area contributed by atoms with Crippen LogP contribution in [0, 0.1) is 0 Å². The molecule has 0 saturated heterocycles. The summed E-state index contributed by atoms with van der Waals surface area (Å²) in [4.78, 5) is 13.8. The molecule has 0 saturated carbocycles. The molecule has 0 spiro atoms. The highest BCUT2D eigenvalue weighted by atomic mass is 35.5. The Bertz CT molecular complexity index is 434. The van der Waals surface area contributed by atoms with Gasteiger partial charge in [0, 0.05) is 20.1 Å². The summed E-state index contributed by atoms with van der Waals surface area (Å²) in [5.41, 5.74) is 2.57. The van der Waals surface area contributed by atoms with E-state index in [1.807, 2.05) is 19.2 Å². The molecule has 2 rings (SSSR count). The molecule has 3 nitrogen and oxygen atoms in total. The summed E-state index contributed by atoms with van der Waals surface area (Å²) in [7, 11) is 1.81. The van der Waals surface area contributed by atoms with Crippen molar-refractivity contribution in [2.75, 3.05) is 13.6 Å². The number of halogens is 1. The Hall–Kier alpha value is -1.32. The van der Waals surface area contributed by atoms with Gasteiger partial charge in [-0.3, -0.25) is 4.79 Å². The lowest BCUT2D eigenvalue weighted by molar-refractivity contribution is -0.131. The molecular weight excluding hydrogens is 248 g/mol. The molecule has 1 amide bonds. The van der Waals surface area contributed by atoms with Gasteiger partial charge in [-0.25, -0.2) is 0 Å². The van der Waals surface area contributed by atoms with Gasteiger partial charge in [0.25, 0.3) is 0 Å². The summed E-state index contributed by atoms with van der Waals surface area (Å²) in [5, 5.41) is 3.29. The number of fused-ring (bicyclic) bond motifs is 1. The molecule has 1 aromatic rings. The van der Waals surface area contributed by atoms with E-state index in [2.05, 4.69) is 24.0 Å². The van der Waals surface area contributed by atoms with E-state index >= 15 is 0 Å². The van der Waals surface area contributed by atoms with E-state index in [1.165, 1.54) is 11.1 Å². The second-order valence-electron chi connectivity index (χ2n) is 4.41. The molecule has 18 heavy (non-hydrogen) atoms. The first kappa shape index (κ1) is 14.7. The van der Waals surface area contributed by atoms with E-state index in [-0.39, 0.29) is 24.4 Å². The fourth-order valence-electron chi connectivity index (χ4n) is 2.18. The third-order valence-electron chi connectivity index (χ3n) is 3.16. The van der Waals surface area contributed by atoms with Crippen molar-refractivity contribution in [1.82, 2.24) is 10.2 Å². The SMILES string of the molecule is C=CCN(C)C(=O)C1Cc2ccccc2CN1.Cl. The normalized spacial score (nSPS) is 17.3. The number of hydrogen-bond donors (Lipinski definition) is 1. The summed E-state index contributed by atoms with van der Waals surface area (Å²) < 4.78 is 0. The van der Waals surface area contributed by atoms with Crippen molar-refractivity contribution < 1.29 is 4.79 Å². The Balaban J connectivity index is 0.00000162. The number of nitrogens with one attached hydrogen (secondary N) is 1. The summed E-state index contributed by atoms with van der Waals surface area (Å²) in [6, 6.07) is 8.17. The van der Waals surface area contributed by atoms with Gasteiger partial charge in [-0.05, 0) is 17.5 Å². The third kappa shape index (κ3) is 3.12. The van der Waals surface area contributed by atoms with Gasteiger partial charge < -0.3 is 10.2 Å². The number of amides is 1. The number of rotatable bonds is 3. The monoisotopic (exact) mass is 266 g/mol. The largest absolute Gasteiger partial charge is 0.341 e. The van der Waals surface area contributed by atoms with Crippen molar-refractivity contribution in [2.24, 2.45) is 0 Å². The van der Waals surface area contributed by atoms with E-state index in [9.17, 15) is 4.79 Å². The molecule has 0 fully saturated rings. The van der Waals surface area contributed by atoms with E-state index < -0.39 is 0 Å². The minimum Gasteiger partial charge on any atom is -0.341 e. The minimum absolute atomic E-state index is 0. The summed E-state index contributed by atoms with van der Waals surface area (Å²) in [5.74, 6) is 0.138. The van der Waals surface area contributed by atoms with Crippen LogP contribution < -0.4 is 5.32 Å². The van der Waals surface area contributed by atoms with Gasteiger partial charge in [0.15, 0.2) is 0 Å². The second kappa shape index (κ2) is 6.57. The van der Waals surface area contributed by atoms with Crippen LogP contribution in [0.3, 0.4) is 0 Å². The molecule has 0 aliphatic carbocycles. The molecule has 98 valence electrons. The average Bonchev–Trinajstić information content (AvgIpc) is 2.37.